The Morgan fingerprint density at radius 2 is 1.77 bits per heavy atom. The Morgan fingerprint density at radius 1 is 1.00 bits per heavy atom. The number of aromatic nitrogens is 1. The molecule has 0 radical (unpaired) electrons. The Balaban J connectivity index is 0.00000289. The Morgan fingerprint density at radius 3 is 2.57 bits per heavy atom. The minimum atomic E-state index is -1.27. The van der Waals surface area contributed by atoms with E-state index in [2.05, 4.69) is 4.98 Å². The van der Waals surface area contributed by atoms with Crippen LogP contribution in [0, 0.1) is 5.82 Å². The number of aliphatic carboxylic acids is 1. The van der Waals surface area contributed by atoms with Crippen LogP contribution in [0.5, 0.6) is 0 Å². The molecule has 5 rings (SSSR count). The maximum Gasteiger partial charge on any atom is 1.00 e. The van der Waals surface area contributed by atoms with Crippen LogP contribution in [-0.4, -0.2) is 17.6 Å². The third-order valence-corrected chi connectivity index (χ3v) is 5.97. The smallest absolute Gasteiger partial charge is 0.548 e. The third kappa shape index (κ3) is 5.56. The van der Waals surface area contributed by atoms with Crippen molar-refractivity contribution in [1.29, 1.82) is 0 Å². The van der Waals surface area contributed by atoms with Crippen molar-refractivity contribution in [3.63, 3.8) is 0 Å². The van der Waals surface area contributed by atoms with Crippen LogP contribution in [0.3, 0.4) is 0 Å². The van der Waals surface area contributed by atoms with E-state index in [0.29, 0.717) is 16.6 Å². The van der Waals surface area contributed by atoms with Crippen molar-refractivity contribution in [1.82, 2.24) is 4.98 Å². The normalized spacial score (nSPS) is 14.3. The molecule has 4 nitrogen and oxygen atoms in total. The predicted molar refractivity (Wildman–Crippen MR) is 130 cm³/mol. The van der Waals surface area contributed by atoms with Gasteiger partial charge in [0.2, 0.25) is 0 Å². The van der Waals surface area contributed by atoms with Crippen molar-refractivity contribution in [2.75, 3.05) is 6.61 Å². The molecule has 1 aromatic heterocycles. The largest absolute Gasteiger partial charge is 1.00 e. The molecular weight excluding hydrogens is 476 g/mol. The van der Waals surface area contributed by atoms with E-state index in [1.807, 2.05) is 66.8 Å². The molecule has 0 amide bonds. The Kier molecular flexibility index (Phi) is 7.85. The second-order valence-electron chi connectivity index (χ2n) is 7.94. The molecule has 3 aromatic carbocycles. The van der Waals surface area contributed by atoms with E-state index in [9.17, 15) is 14.3 Å². The van der Waals surface area contributed by atoms with Crippen molar-refractivity contribution in [2.45, 2.75) is 6.10 Å². The molecule has 1 heterocycles. The number of nitrogens with zero attached hydrogens (tertiary/aromatic N) is 1. The van der Waals surface area contributed by atoms with Crippen LogP contribution in [0.4, 0.5) is 4.39 Å². The summed E-state index contributed by atoms with van der Waals surface area (Å²) in [4.78, 5) is 15.7. The first-order valence-electron chi connectivity index (χ1n) is 10.6. The van der Waals surface area contributed by atoms with Gasteiger partial charge in [-0.3, -0.25) is 0 Å². The van der Waals surface area contributed by atoms with Gasteiger partial charge in [-0.2, -0.15) is 0 Å². The van der Waals surface area contributed by atoms with Crippen LogP contribution in [0.25, 0.3) is 35.2 Å². The average molecular weight is 494 g/mol. The number of fused-ring (bicyclic) bond motifs is 3. The zero-order valence-electron chi connectivity index (χ0n) is 18.9. The van der Waals surface area contributed by atoms with Gasteiger partial charge in [0, 0.05) is 5.39 Å². The van der Waals surface area contributed by atoms with E-state index in [-0.39, 0.29) is 34.6 Å². The van der Waals surface area contributed by atoms with Gasteiger partial charge >= 0.3 is 29.6 Å². The van der Waals surface area contributed by atoms with Gasteiger partial charge in [-0.1, -0.05) is 72.3 Å². The minimum absolute atomic E-state index is 0. The van der Waals surface area contributed by atoms with Gasteiger partial charge in [0.25, 0.3) is 0 Å². The van der Waals surface area contributed by atoms with Crippen molar-refractivity contribution in [3.05, 3.63) is 111 Å². The third-order valence-electron chi connectivity index (χ3n) is 5.68. The molecule has 1 unspecified atom stereocenters. The molecule has 0 bridgehead atoms. The first-order valence-corrected chi connectivity index (χ1v) is 11.0. The monoisotopic (exact) mass is 493 g/mol. The molecule has 7 heteroatoms. The molecule has 0 spiro atoms. The number of pyridine rings is 1. The summed E-state index contributed by atoms with van der Waals surface area (Å²) in [6.07, 6.45) is 7.21. The number of hydrogen-bond donors (Lipinski definition) is 0. The molecule has 0 N–H and O–H groups in total. The zero-order chi connectivity index (χ0) is 23.7. The van der Waals surface area contributed by atoms with Crippen molar-refractivity contribution >= 4 is 52.8 Å². The topological polar surface area (TPSA) is 62.2 Å². The van der Waals surface area contributed by atoms with Gasteiger partial charge in [0.1, 0.15) is 11.9 Å². The maximum atomic E-state index is 13.7. The molecule has 0 aliphatic heterocycles. The van der Waals surface area contributed by atoms with E-state index in [1.54, 1.807) is 12.1 Å². The second kappa shape index (κ2) is 10.9. The quantitative estimate of drug-likeness (QED) is 0.401. The summed E-state index contributed by atoms with van der Waals surface area (Å²) in [5.74, 6) is -1.75. The SMILES string of the molecule is O=C([O-])COC1c2ccccc2C=Cc2ccc(/C=C/c3ccc4cc(F)c(Cl)cc4n3)cc21.[Na+]. The Bertz CT molecular complexity index is 1480. The van der Waals surface area contributed by atoms with Crippen molar-refractivity contribution in [2.24, 2.45) is 0 Å². The summed E-state index contributed by atoms with van der Waals surface area (Å²) < 4.78 is 19.5. The van der Waals surface area contributed by atoms with Crippen LogP contribution >= 0.6 is 11.6 Å². The Hall–Kier alpha value is -2.80. The number of carboxylic acid groups (broad SMARTS) is 1. The van der Waals surface area contributed by atoms with Gasteiger partial charge in [-0.05, 0) is 58.2 Å². The average Bonchev–Trinajstić information content (AvgIpc) is 2.98. The van der Waals surface area contributed by atoms with Gasteiger partial charge in [0.15, 0.2) is 0 Å². The van der Waals surface area contributed by atoms with E-state index in [0.717, 1.165) is 27.8 Å². The number of carbonyl (C=O) groups is 1. The number of halogens is 2. The Labute approximate surface area is 229 Å². The van der Waals surface area contributed by atoms with Crippen LogP contribution in [0.1, 0.15) is 39.6 Å². The van der Waals surface area contributed by atoms with Gasteiger partial charge in [-0.15, -0.1) is 0 Å². The molecular formula is C28H18ClFNNaO3. The number of ether oxygens (including phenoxy) is 1. The summed E-state index contributed by atoms with van der Waals surface area (Å²) in [7, 11) is 0. The molecule has 0 saturated heterocycles. The van der Waals surface area contributed by atoms with Gasteiger partial charge < -0.3 is 14.6 Å². The van der Waals surface area contributed by atoms with Crippen LogP contribution in [-0.2, 0) is 9.53 Å². The number of benzene rings is 3. The maximum absolute atomic E-state index is 13.7. The van der Waals surface area contributed by atoms with Crippen molar-refractivity contribution < 1.29 is 48.6 Å². The predicted octanol–water partition coefficient (Wildman–Crippen LogP) is 2.54. The molecule has 0 saturated carbocycles. The van der Waals surface area contributed by atoms with E-state index in [1.165, 1.54) is 12.1 Å². The van der Waals surface area contributed by atoms with E-state index >= 15 is 0 Å². The van der Waals surface area contributed by atoms with Crippen LogP contribution < -0.4 is 34.7 Å². The molecule has 1 aliphatic rings. The molecule has 1 aliphatic carbocycles. The number of carboxylic acids is 1. The summed E-state index contributed by atoms with van der Waals surface area (Å²) >= 11 is 5.90. The summed E-state index contributed by atoms with van der Waals surface area (Å²) in [6.45, 7) is -0.511. The molecule has 0 fully saturated rings. The standard InChI is InChI=1S/C28H19ClFNO3.Na/c29-24-15-26-20(14-25(24)30)10-12-21(31-26)11-6-17-5-7-19-9-8-18-3-1-2-4-22(18)28(23(19)13-17)34-16-27(32)33;/h1-15,28H,16H2,(H,32,33);/q;+1/p-1/b11-6+;. The fourth-order valence-corrected chi connectivity index (χ4v) is 4.22. The first-order chi connectivity index (χ1) is 16.5. The van der Waals surface area contributed by atoms with Gasteiger partial charge in [0.05, 0.1) is 28.8 Å². The number of carbonyl (C=O) groups excluding carboxylic acids is 1. The fourth-order valence-electron chi connectivity index (χ4n) is 4.06. The van der Waals surface area contributed by atoms with Crippen molar-refractivity contribution in [3.8, 4) is 0 Å². The van der Waals surface area contributed by atoms with Crippen LogP contribution in [0.2, 0.25) is 5.02 Å². The molecule has 35 heavy (non-hydrogen) atoms. The number of rotatable bonds is 5. The molecule has 1 atom stereocenters. The molecule has 168 valence electrons. The number of hydrogen-bond acceptors (Lipinski definition) is 4. The van der Waals surface area contributed by atoms with Gasteiger partial charge in [-0.25, -0.2) is 9.37 Å². The van der Waals surface area contributed by atoms with E-state index in [4.69, 9.17) is 16.3 Å². The van der Waals surface area contributed by atoms with Crippen LogP contribution in [0.15, 0.2) is 66.7 Å². The molecule has 4 aromatic rings. The summed E-state index contributed by atoms with van der Waals surface area (Å²) in [6, 6.07) is 20.1. The first kappa shape index (κ1) is 25.3. The summed E-state index contributed by atoms with van der Waals surface area (Å²) in [5, 5.41) is 11.8. The fraction of sp³-hybridized carbons (Fsp3) is 0.0714. The van der Waals surface area contributed by atoms with E-state index < -0.39 is 24.5 Å². The summed E-state index contributed by atoms with van der Waals surface area (Å²) in [5.41, 5.74) is 5.85. The zero-order valence-corrected chi connectivity index (χ0v) is 21.6. The second-order valence-corrected chi connectivity index (χ2v) is 8.35. The minimum Gasteiger partial charge on any atom is -0.548 e.